The van der Waals surface area contributed by atoms with Crippen LogP contribution in [-0.2, 0) is 6.42 Å². The summed E-state index contributed by atoms with van der Waals surface area (Å²) in [5, 5.41) is 1.10. The second-order valence-corrected chi connectivity index (χ2v) is 5.68. The smallest absolute Gasteiger partial charge is 0.0890 e. The average Bonchev–Trinajstić information content (AvgIpc) is 2.50. The van der Waals surface area contributed by atoms with Crippen LogP contribution in [0, 0.1) is 0 Å². The number of halogens is 2. The second kappa shape index (κ2) is 5.98. The molecule has 0 aliphatic rings. The van der Waals surface area contributed by atoms with Gasteiger partial charge in [-0.15, -0.1) is 0 Å². The maximum absolute atomic E-state index is 6.28. The Labute approximate surface area is 132 Å². The Morgan fingerprint density at radius 1 is 0.905 bits per heavy atom. The summed E-state index contributed by atoms with van der Waals surface area (Å²) < 4.78 is 0. The standard InChI is InChI=1S/C16H13Cl2N3/c17-12-3-1-10(7-13(12)18)8-14(19)11-2-4-15-16(9-11)21-6-5-20-15/h1-7,9,14H,8,19H2. The van der Waals surface area contributed by atoms with Gasteiger partial charge in [0, 0.05) is 18.4 Å². The number of hydrogen-bond acceptors (Lipinski definition) is 3. The number of hydrogen-bond donors (Lipinski definition) is 1. The lowest BCUT2D eigenvalue weighted by Gasteiger charge is -2.13. The summed E-state index contributed by atoms with van der Waals surface area (Å²) in [5.41, 5.74) is 10.1. The Kier molecular flexibility index (Phi) is 4.06. The molecule has 5 heteroatoms. The summed E-state index contributed by atoms with van der Waals surface area (Å²) in [5.74, 6) is 0. The number of benzene rings is 2. The van der Waals surface area contributed by atoms with Crippen molar-refractivity contribution in [3.05, 3.63) is 70.0 Å². The van der Waals surface area contributed by atoms with Gasteiger partial charge >= 0.3 is 0 Å². The number of nitrogens with two attached hydrogens (primary N) is 1. The highest BCUT2D eigenvalue weighted by Gasteiger charge is 2.10. The topological polar surface area (TPSA) is 51.8 Å². The molecule has 1 atom stereocenters. The van der Waals surface area contributed by atoms with Gasteiger partial charge < -0.3 is 5.73 Å². The minimum absolute atomic E-state index is 0.131. The first kappa shape index (κ1) is 14.3. The van der Waals surface area contributed by atoms with E-state index in [0.29, 0.717) is 16.5 Å². The molecule has 1 unspecified atom stereocenters. The van der Waals surface area contributed by atoms with Gasteiger partial charge in [0.2, 0.25) is 0 Å². The van der Waals surface area contributed by atoms with Crippen LogP contribution in [-0.4, -0.2) is 9.97 Å². The van der Waals surface area contributed by atoms with Gasteiger partial charge in [-0.2, -0.15) is 0 Å². The maximum atomic E-state index is 6.28. The van der Waals surface area contributed by atoms with Crippen molar-refractivity contribution in [2.24, 2.45) is 5.73 Å². The lowest BCUT2D eigenvalue weighted by atomic mass is 9.99. The fourth-order valence-electron chi connectivity index (χ4n) is 2.25. The first-order chi connectivity index (χ1) is 10.1. The van der Waals surface area contributed by atoms with Crippen molar-refractivity contribution < 1.29 is 0 Å². The number of aromatic nitrogens is 2. The molecule has 0 aliphatic carbocycles. The van der Waals surface area contributed by atoms with Gasteiger partial charge in [0.1, 0.15) is 0 Å². The predicted octanol–water partition coefficient (Wildman–Crippen LogP) is 4.18. The van der Waals surface area contributed by atoms with Gasteiger partial charge in [0.05, 0.1) is 21.1 Å². The Morgan fingerprint density at radius 3 is 2.43 bits per heavy atom. The molecule has 0 fully saturated rings. The highest BCUT2D eigenvalue weighted by atomic mass is 35.5. The third-order valence-corrected chi connectivity index (χ3v) is 4.10. The highest BCUT2D eigenvalue weighted by Crippen LogP contribution is 2.25. The Hall–Kier alpha value is -1.68. The first-order valence-electron chi connectivity index (χ1n) is 6.53. The Morgan fingerprint density at radius 2 is 1.67 bits per heavy atom. The van der Waals surface area contributed by atoms with Crippen LogP contribution in [0.3, 0.4) is 0 Å². The second-order valence-electron chi connectivity index (χ2n) is 4.86. The molecule has 0 spiro atoms. The summed E-state index contributed by atoms with van der Waals surface area (Å²) in [4.78, 5) is 8.55. The van der Waals surface area contributed by atoms with Crippen molar-refractivity contribution in [1.82, 2.24) is 9.97 Å². The van der Waals surface area contributed by atoms with Crippen molar-refractivity contribution in [2.75, 3.05) is 0 Å². The van der Waals surface area contributed by atoms with E-state index in [2.05, 4.69) is 9.97 Å². The summed E-state index contributed by atoms with van der Waals surface area (Å²) in [6.07, 6.45) is 4.04. The number of rotatable bonds is 3. The molecule has 0 amide bonds. The van der Waals surface area contributed by atoms with Crippen LogP contribution in [0.1, 0.15) is 17.2 Å². The molecule has 0 aliphatic heterocycles. The molecule has 0 saturated carbocycles. The minimum atomic E-state index is -0.131. The van der Waals surface area contributed by atoms with Crippen LogP contribution < -0.4 is 5.73 Å². The first-order valence-corrected chi connectivity index (χ1v) is 7.29. The van der Waals surface area contributed by atoms with Crippen LogP contribution in [0.4, 0.5) is 0 Å². The normalized spacial score (nSPS) is 12.5. The molecule has 0 saturated heterocycles. The van der Waals surface area contributed by atoms with Crippen molar-refractivity contribution in [2.45, 2.75) is 12.5 Å². The van der Waals surface area contributed by atoms with Crippen LogP contribution >= 0.6 is 23.2 Å². The third-order valence-electron chi connectivity index (χ3n) is 3.36. The summed E-state index contributed by atoms with van der Waals surface area (Å²) in [7, 11) is 0. The molecule has 1 heterocycles. The zero-order valence-electron chi connectivity index (χ0n) is 11.1. The molecular formula is C16H13Cl2N3. The molecule has 21 heavy (non-hydrogen) atoms. The van der Waals surface area contributed by atoms with Crippen molar-refractivity contribution in [3.8, 4) is 0 Å². The lowest BCUT2D eigenvalue weighted by molar-refractivity contribution is 0.723. The molecular weight excluding hydrogens is 305 g/mol. The lowest BCUT2D eigenvalue weighted by Crippen LogP contribution is -2.13. The van der Waals surface area contributed by atoms with Crippen molar-refractivity contribution >= 4 is 34.2 Å². The van der Waals surface area contributed by atoms with E-state index in [0.717, 1.165) is 22.2 Å². The van der Waals surface area contributed by atoms with Crippen LogP contribution in [0.2, 0.25) is 10.0 Å². The Balaban J connectivity index is 1.85. The monoisotopic (exact) mass is 317 g/mol. The van der Waals surface area contributed by atoms with Gasteiger partial charge in [0.15, 0.2) is 0 Å². The fraction of sp³-hybridized carbons (Fsp3) is 0.125. The fourth-order valence-corrected chi connectivity index (χ4v) is 2.57. The molecule has 3 rings (SSSR count). The van der Waals surface area contributed by atoms with Crippen LogP contribution in [0.25, 0.3) is 11.0 Å². The van der Waals surface area contributed by atoms with Crippen LogP contribution in [0.15, 0.2) is 48.8 Å². The Bertz CT molecular complexity index is 789. The van der Waals surface area contributed by atoms with Crippen LogP contribution in [0.5, 0.6) is 0 Å². The molecule has 2 N–H and O–H groups in total. The summed E-state index contributed by atoms with van der Waals surface area (Å²) in [6, 6.07) is 11.3. The van der Waals surface area contributed by atoms with E-state index in [1.165, 1.54) is 0 Å². The molecule has 0 radical (unpaired) electrons. The molecule has 1 aromatic heterocycles. The van der Waals surface area contributed by atoms with E-state index >= 15 is 0 Å². The minimum Gasteiger partial charge on any atom is -0.324 e. The SMILES string of the molecule is NC(Cc1ccc(Cl)c(Cl)c1)c1ccc2nccnc2c1. The number of fused-ring (bicyclic) bond motifs is 1. The zero-order chi connectivity index (χ0) is 14.8. The van der Waals surface area contributed by atoms with Gasteiger partial charge in [-0.1, -0.05) is 35.3 Å². The highest BCUT2D eigenvalue weighted by molar-refractivity contribution is 6.42. The largest absolute Gasteiger partial charge is 0.324 e. The zero-order valence-corrected chi connectivity index (χ0v) is 12.6. The molecule has 3 nitrogen and oxygen atoms in total. The van der Waals surface area contributed by atoms with E-state index in [4.69, 9.17) is 28.9 Å². The van der Waals surface area contributed by atoms with Gasteiger partial charge in [-0.3, -0.25) is 9.97 Å². The molecule has 2 aromatic carbocycles. The number of nitrogens with zero attached hydrogens (tertiary/aromatic N) is 2. The van der Waals surface area contributed by atoms with Crippen molar-refractivity contribution in [1.29, 1.82) is 0 Å². The van der Waals surface area contributed by atoms with E-state index in [9.17, 15) is 0 Å². The third kappa shape index (κ3) is 3.16. The van der Waals surface area contributed by atoms with E-state index in [1.54, 1.807) is 18.5 Å². The van der Waals surface area contributed by atoms with E-state index < -0.39 is 0 Å². The van der Waals surface area contributed by atoms with E-state index in [-0.39, 0.29) is 6.04 Å². The predicted molar refractivity (Wildman–Crippen MR) is 86.6 cm³/mol. The quantitative estimate of drug-likeness (QED) is 0.788. The van der Waals surface area contributed by atoms with Gasteiger partial charge in [-0.25, -0.2) is 0 Å². The summed E-state index contributed by atoms with van der Waals surface area (Å²) in [6.45, 7) is 0. The van der Waals surface area contributed by atoms with Crippen molar-refractivity contribution in [3.63, 3.8) is 0 Å². The molecule has 0 bridgehead atoms. The maximum Gasteiger partial charge on any atom is 0.0890 e. The molecule has 106 valence electrons. The molecule has 3 aromatic rings. The average molecular weight is 318 g/mol. The van der Waals surface area contributed by atoms with Gasteiger partial charge in [-0.05, 0) is 41.8 Å². The van der Waals surface area contributed by atoms with Gasteiger partial charge in [0.25, 0.3) is 0 Å². The van der Waals surface area contributed by atoms with E-state index in [1.807, 2.05) is 30.3 Å². The summed E-state index contributed by atoms with van der Waals surface area (Å²) >= 11 is 12.0.